The summed E-state index contributed by atoms with van der Waals surface area (Å²) < 4.78 is 16.2. The molecule has 0 bridgehead atoms. The molecule has 2 aromatic carbocycles. The molecule has 2 heterocycles. The molecule has 1 amide bonds. The monoisotopic (exact) mass is 339 g/mol. The largest absolute Gasteiger partial charge is 0.493 e. The highest BCUT2D eigenvalue weighted by molar-refractivity contribution is 5.95. The number of carbonyl (C=O) groups is 1. The van der Waals surface area contributed by atoms with Gasteiger partial charge in [0.25, 0.3) is 0 Å². The lowest BCUT2D eigenvalue weighted by atomic mass is 9.84. The molecule has 1 unspecified atom stereocenters. The van der Waals surface area contributed by atoms with Gasteiger partial charge in [0.05, 0.1) is 13.2 Å². The van der Waals surface area contributed by atoms with Gasteiger partial charge < -0.3 is 19.5 Å². The molecule has 2 aliphatic heterocycles. The van der Waals surface area contributed by atoms with Gasteiger partial charge in [0.2, 0.25) is 5.91 Å². The van der Waals surface area contributed by atoms with Crippen molar-refractivity contribution in [2.24, 2.45) is 0 Å². The fraction of sp³-hybridized carbons (Fsp3) is 0.350. The first kappa shape index (κ1) is 16.0. The lowest BCUT2D eigenvalue weighted by Gasteiger charge is -2.27. The van der Waals surface area contributed by atoms with Crippen molar-refractivity contribution in [2.75, 3.05) is 32.2 Å². The van der Waals surface area contributed by atoms with Crippen molar-refractivity contribution in [3.05, 3.63) is 53.1 Å². The van der Waals surface area contributed by atoms with E-state index >= 15 is 0 Å². The van der Waals surface area contributed by atoms with Crippen molar-refractivity contribution in [3.8, 4) is 11.5 Å². The Morgan fingerprint density at radius 2 is 2.12 bits per heavy atom. The molecular formula is C20H21NO4. The number of nitrogens with one attached hydrogen (secondary N) is 1. The average Bonchev–Trinajstić information content (AvgIpc) is 3.08. The number of hydrogen-bond donors (Lipinski definition) is 1. The van der Waals surface area contributed by atoms with Crippen molar-refractivity contribution in [1.82, 2.24) is 0 Å². The van der Waals surface area contributed by atoms with Gasteiger partial charge in [0, 0.05) is 37.6 Å². The van der Waals surface area contributed by atoms with E-state index in [4.69, 9.17) is 14.2 Å². The molecule has 0 aliphatic carbocycles. The highest BCUT2D eigenvalue weighted by Crippen LogP contribution is 2.40. The Morgan fingerprint density at radius 1 is 1.20 bits per heavy atom. The number of fused-ring (bicyclic) bond motifs is 2. The van der Waals surface area contributed by atoms with Crippen LogP contribution in [0.1, 0.15) is 29.0 Å². The molecule has 1 N–H and O–H groups in total. The third kappa shape index (κ3) is 3.20. The molecule has 0 saturated carbocycles. The van der Waals surface area contributed by atoms with Crippen LogP contribution in [-0.4, -0.2) is 32.8 Å². The topological polar surface area (TPSA) is 56.8 Å². The van der Waals surface area contributed by atoms with Crippen LogP contribution in [-0.2, 0) is 16.0 Å². The Kier molecular flexibility index (Phi) is 4.32. The normalized spacial score (nSPS) is 18.1. The zero-order valence-electron chi connectivity index (χ0n) is 14.2. The highest BCUT2D eigenvalue weighted by Gasteiger charge is 2.28. The van der Waals surface area contributed by atoms with Crippen molar-refractivity contribution >= 4 is 11.6 Å². The Bertz CT molecular complexity index is 802. The molecule has 130 valence electrons. The maximum atomic E-state index is 12.2. The fourth-order valence-corrected chi connectivity index (χ4v) is 3.50. The smallest absolute Gasteiger partial charge is 0.225 e. The van der Waals surface area contributed by atoms with Crippen LogP contribution in [0.5, 0.6) is 11.5 Å². The third-order valence-corrected chi connectivity index (χ3v) is 4.74. The van der Waals surface area contributed by atoms with Gasteiger partial charge in [-0.05, 0) is 28.8 Å². The van der Waals surface area contributed by atoms with Crippen LogP contribution in [0.25, 0.3) is 0 Å². The summed E-state index contributed by atoms with van der Waals surface area (Å²) in [6.45, 7) is 1.75. The molecule has 0 fully saturated rings. The maximum absolute atomic E-state index is 12.2. The van der Waals surface area contributed by atoms with Crippen molar-refractivity contribution < 1.29 is 19.0 Å². The van der Waals surface area contributed by atoms with E-state index in [9.17, 15) is 4.79 Å². The van der Waals surface area contributed by atoms with Gasteiger partial charge in [-0.1, -0.05) is 18.2 Å². The molecular weight excluding hydrogens is 318 g/mol. The Hall–Kier alpha value is -2.53. The molecule has 0 saturated heterocycles. The Balaban J connectivity index is 1.64. The number of carbonyl (C=O) groups excluding carboxylic acids is 1. The van der Waals surface area contributed by atoms with Crippen molar-refractivity contribution in [1.29, 1.82) is 0 Å². The Labute approximate surface area is 146 Å². The van der Waals surface area contributed by atoms with Crippen LogP contribution >= 0.6 is 0 Å². The summed E-state index contributed by atoms with van der Waals surface area (Å²) in [4.78, 5) is 12.2. The average molecular weight is 339 g/mol. The first-order valence-electron chi connectivity index (χ1n) is 8.56. The lowest BCUT2D eigenvalue weighted by molar-refractivity contribution is -0.116. The van der Waals surface area contributed by atoms with E-state index in [1.807, 2.05) is 24.3 Å². The van der Waals surface area contributed by atoms with Crippen LogP contribution in [0.3, 0.4) is 0 Å². The van der Waals surface area contributed by atoms with Crippen molar-refractivity contribution in [2.45, 2.75) is 18.8 Å². The molecule has 0 aromatic heterocycles. The molecule has 0 radical (unpaired) electrons. The van der Waals surface area contributed by atoms with E-state index in [0.717, 1.165) is 41.3 Å². The van der Waals surface area contributed by atoms with Crippen LogP contribution in [0.15, 0.2) is 36.4 Å². The molecule has 4 rings (SSSR count). The second-order valence-corrected chi connectivity index (χ2v) is 6.36. The SMILES string of the molecule is COCCOc1ccc2c(c1)NC(=O)CC2c1ccc2c(c1)CCO2. The standard InChI is InChI=1S/C20H21NO4/c1-23-8-9-24-15-3-4-16-17(12-20(22)21-18(16)11-15)13-2-5-19-14(10-13)6-7-25-19/h2-5,10-11,17H,6-9,12H2,1H3,(H,21,22). The van der Waals surface area contributed by atoms with Gasteiger partial charge in [-0.25, -0.2) is 0 Å². The second kappa shape index (κ2) is 6.76. The van der Waals surface area contributed by atoms with Crippen LogP contribution in [0.2, 0.25) is 0 Å². The summed E-state index contributed by atoms with van der Waals surface area (Å²) in [6.07, 6.45) is 1.39. The zero-order chi connectivity index (χ0) is 17.2. The fourth-order valence-electron chi connectivity index (χ4n) is 3.50. The summed E-state index contributed by atoms with van der Waals surface area (Å²) in [5, 5.41) is 2.97. The molecule has 0 spiro atoms. The van der Waals surface area contributed by atoms with Crippen molar-refractivity contribution in [3.63, 3.8) is 0 Å². The van der Waals surface area contributed by atoms with Gasteiger partial charge in [-0.2, -0.15) is 0 Å². The summed E-state index contributed by atoms with van der Waals surface area (Å²) in [5.74, 6) is 1.79. The van der Waals surface area contributed by atoms with E-state index in [2.05, 4.69) is 17.4 Å². The van der Waals surface area contributed by atoms with Gasteiger partial charge in [0.1, 0.15) is 18.1 Å². The summed E-state index contributed by atoms with van der Waals surface area (Å²) >= 11 is 0. The minimum atomic E-state index is 0.0308. The van der Waals surface area contributed by atoms with E-state index < -0.39 is 0 Å². The second-order valence-electron chi connectivity index (χ2n) is 6.36. The first-order valence-corrected chi connectivity index (χ1v) is 8.56. The van der Waals surface area contributed by atoms with Crippen LogP contribution in [0, 0.1) is 0 Å². The highest BCUT2D eigenvalue weighted by atomic mass is 16.5. The molecule has 2 aromatic rings. The number of methoxy groups -OCH3 is 1. The predicted octanol–water partition coefficient (Wildman–Crippen LogP) is 3.12. The van der Waals surface area contributed by atoms with Gasteiger partial charge in [0.15, 0.2) is 0 Å². The third-order valence-electron chi connectivity index (χ3n) is 4.74. The summed E-state index contributed by atoms with van der Waals surface area (Å²) in [6, 6.07) is 12.2. The number of hydrogen-bond acceptors (Lipinski definition) is 4. The van der Waals surface area contributed by atoms with Gasteiger partial charge in [-0.15, -0.1) is 0 Å². The van der Waals surface area contributed by atoms with E-state index in [-0.39, 0.29) is 11.8 Å². The first-order chi connectivity index (χ1) is 12.2. The molecule has 5 nitrogen and oxygen atoms in total. The molecule has 1 atom stereocenters. The summed E-state index contributed by atoms with van der Waals surface area (Å²) in [7, 11) is 1.64. The number of amides is 1. The quantitative estimate of drug-likeness (QED) is 0.851. The Morgan fingerprint density at radius 3 is 3.00 bits per heavy atom. The van der Waals surface area contributed by atoms with Crippen LogP contribution in [0.4, 0.5) is 5.69 Å². The minimum absolute atomic E-state index is 0.0308. The van der Waals surface area contributed by atoms with E-state index in [1.54, 1.807) is 7.11 Å². The van der Waals surface area contributed by atoms with Gasteiger partial charge >= 0.3 is 0 Å². The van der Waals surface area contributed by atoms with E-state index in [1.165, 1.54) is 5.56 Å². The lowest BCUT2D eigenvalue weighted by Crippen LogP contribution is -2.23. The number of anilines is 1. The zero-order valence-corrected chi connectivity index (χ0v) is 14.2. The number of ether oxygens (including phenoxy) is 3. The summed E-state index contributed by atoms with van der Waals surface area (Å²) in [5.41, 5.74) is 4.34. The van der Waals surface area contributed by atoms with Crippen LogP contribution < -0.4 is 14.8 Å². The number of rotatable bonds is 5. The maximum Gasteiger partial charge on any atom is 0.225 e. The van der Waals surface area contributed by atoms with E-state index in [0.29, 0.717) is 19.6 Å². The number of benzene rings is 2. The minimum Gasteiger partial charge on any atom is -0.493 e. The van der Waals surface area contributed by atoms with Gasteiger partial charge in [-0.3, -0.25) is 4.79 Å². The molecule has 2 aliphatic rings. The molecule has 5 heteroatoms. The predicted molar refractivity (Wildman–Crippen MR) is 94.5 cm³/mol. The molecule has 25 heavy (non-hydrogen) atoms.